The fourth-order valence-electron chi connectivity index (χ4n) is 2.35. The number of allylic oxidation sites excluding steroid dienone is 1. The van der Waals surface area contributed by atoms with E-state index in [0.29, 0.717) is 12.0 Å². The first-order chi connectivity index (χ1) is 12.0. The topological polar surface area (TPSA) is 83.8 Å². The summed E-state index contributed by atoms with van der Waals surface area (Å²) in [6, 6.07) is 12.1. The lowest BCUT2D eigenvalue weighted by Crippen LogP contribution is -2.09. The fourth-order valence-corrected chi connectivity index (χ4v) is 2.35. The number of hydrogen-bond donors (Lipinski definition) is 2. The number of ether oxygens (including phenoxy) is 1. The maximum Gasteiger partial charge on any atom is 0.373 e. The zero-order valence-corrected chi connectivity index (χ0v) is 14.2. The van der Waals surface area contributed by atoms with Gasteiger partial charge in [0.05, 0.1) is 6.61 Å². The Morgan fingerprint density at radius 3 is 2.28 bits per heavy atom. The van der Waals surface area contributed by atoms with E-state index in [1.165, 1.54) is 0 Å². The summed E-state index contributed by atoms with van der Waals surface area (Å²) in [6.07, 6.45) is 1.57. The molecule has 0 atom stereocenters. The summed E-state index contributed by atoms with van der Waals surface area (Å²) in [7, 11) is 0. The monoisotopic (exact) mass is 340 g/mol. The molecule has 0 heterocycles. The summed E-state index contributed by atoms with van der Waals surface area (Å²) in [5.74, 6) is -1.87. The van der Waals surface area contributed by atoms with E-state index in [4.69, 9.17) is 0 Å². The van der Waals surface area contributed by atoms with E-state index in [1.54, 1.807) is 43.3 Å². The lowest BCUT2D eigenvalue weighted by Gasteiger charge is -2.07. The van der Waals surface area contributed by atoms with Gasteiger partial charge in [0.15, 0.2) is 5.78 Å². The van der Waals surface area contributed by atoms with Crippen molar-refractivity contribution in [3.05, 3.63) is 65.4 Å². The van der Waals surface area contributed by atoms with Crippen LogP contribution in [0.4, 0.5) is 0 Å². The van der Waals surface area contributed by atoms with Gasteiger partial charge in [-0.15, -0.1) is 0 Å². The molecule has 2 N–H and O–H groups in total. The van der Waals surface area contributed by atoms with Crippen LogP contribution in [0.3, 0.4) is 0 Å². The van der Waals surface area contributed by atoms with Gasteiger partial charge in [-0.25, -0.2) is 4.79 Å². The van der Waals surface area contributed by atoms with Crippen LogP contribution in [0.25, 0.3) is 11.1 Å². The predicted octanol–water partition coefficient (Wildman–Crippen LogP) is 3.81. The zero-order valence-electron chi connectivity index (χ0n) is 14.2. The van der Waals surface area contributed by atoms with Crippen molar-refractivity contribution >= 4 is 11.8 Å². The van der Waals surface area contributed by atoms with E-state index in [1.807, 2.05) is 13.0 Å². The van der Waals surface area contributed by atoms with Gasteiger partial charge in [-0.2, -0.15) is 0 Å². The van der Waals surface area contributed by atoms with Crippen molar-refractivity contribution in [3.8, 4) is 16.9 Å². The molecule has 2 aromatic carbocycles. The number of benzene rings is 2. The second kappa shape index (κ2) is 8.15. The molecule has 130 valence electrons. The van der Waals surface area contributed by atoms with Crippen LogP contribution < -0.4 is 0 Å². The van der Waals surface area contributed by atoms with Gasteiger partial charge in [0.2, 0.25) is 5.76 Å². The number of rotatable bonds is 6. The largest absolute Gasteiger partial charge is 0.508 e. The molecular weight excluding hydrogens is 320 g/mol. The van der Waals surface area contributed by atoms with Crippen molar-refractivity contribution in [3.63, 3.8) is 0 Å². The highest BCUT2D eigenvalue weighted by atomic mass is 16.5. The molecule has 0 saturated heterocycles. The minimum Gasteiger partial charge on any atom is -0.508 e. The number of carbonyl (C=O) groups excluding carboxylic acids is 2. The van der Waals surface area contributed by atoms with Gasteiger partial charge in [0.25, 0.3) is 0 Å². The lowest BCUT2D eigenvalue weighted by molar-refractivity contribution is -0.141. The zero-order chi connectivity index (χ0) is 18.4. The van der Waals surface area contributed by atoms with Crippen LogP contribution in [-0.4, -0.2) is 28.6 Å². The maximum absolute atomic E-state index is 12.1. The van der Waals surface area contributed by atoms with Crippen LogP contribution in [0, 0.1) is 0 Å². The Hall–Kier alpha value is -3.08. The quantitative estimate of drug-likeness (QED) is 0.361. The molecule has 0 saturated carbocycles. The highest BCUT2D eigenvalue weighted by Gasteiger charge is 2.12. The summed E-state index contributed by atoms with van der Waals surface area (Å²) in [5.41, 5.74) is 3.01. The smallest absolute Gasteiger partial charge is 0.373 e. The predicted molar refractivity (Wildman–Crippen MR) is 94.6 cm³/mol. The summed E-state index contributed by atoms with van der Waals surface area (Å²) in [5, 5.41) is 19.3. The Bertz CT molecular complexity index is 803. The van der Waals surface area contributed by atoms with Crippen LogP contribution in [0.1, 0.15) is 29.8 Å². The Balaban J connectivity index is 2.21. The Morgan fingerprint density at radius 1 is 1.04 bits per heavy atom. The molecule has 0 spiro atoms. The van der Waals surface area contributed by atoms with Gasteiger partial charge in [-0.05, 0) is 42.2 Å². The molecule has 0 aliphatic heterocycles. The Kier molecular flexibility index (Phi) is 5.95. The molecule has 2 aromatic rings. The number of ketones is 1. The SMILES string of the molecule is CCOC(=O)/C(O)=C/C(=O)c1ccc(-c2ccc(O)c(CC)c2)cc1. The lowest BCUT2D eigenvalue weighted by atomic mass is 9.99. The van der Waals surface area contributed by atoms with Crippen LogP contribution in [0.5, 0.6) is 5.75 Å². The molecule has 0 bridgehead atoms. The maximum atomic E-state index is 12.1. The molecule has 0 aliphatic rings. The number of esters is 1. The van der Waals surface area contributed by atoms with E-state index in [0.717, 1.165) is 22.8 Å². The fraction of sp³-hybridized carbons (Fsp3) is 0.200. The van der Waals surface area contributed by atoms with Gasteiger partial charge in [0.1, 0.15) is 5.75 Å². The number of carbonyl (C=O) groups is 2. The molecule has 2 rings (SSSR count). The molecule has 0 radical (unpaired) electrons. The molecule has 0 aliphatic carbocycles. The average molecular weight is 340 g/mol. The first kappa shape index (κ1) is 18.3. The standard InChI is InChI=1S/C20H20O5/c1-3-13-11-16(9-10-17(13)21)14-5-7-15(8-6-14)18(22)12-19(23)20(24)25-4-2/h5-12,21,23H,3-4H2,1-2H3/b19-12-. The van der Waals surface area contributed by atoms with Gasteiger partial charge >= 0.3 is 5.97 Å². The Labute approximate surface area is 146 Å². The van der Waals surface area contributed by atoms with Crippen LogP contribution in [0.15, 0.2) is 54.3 Å². The van der Waals surface area contributed by atoms with Crippen LogP contribution in [-0.2, 0) is 16.0 Å². The van der Waals surface area contributed by atoms with Crippen molar-refractivity contribution in [2.75, 3.05) is 6.61 Å². The second-order valence-electron chi connectivity index (χ2n) is 5.39. The number of aromatic hydroxyl groups is 1. The average Bonchev–Trinajstić information content (AvgIpc) is 2.62. The van der Waals surface area contributed by atoms with Gasteiger partial charge in [0, 0.05) is 11.6 Å². The Morgan fingerprint density at radius 2 is 1.68 bits per heavy atom. The summed E-state index contributed by atoms with van der Waals surface area (Å²) in [4.78, 5) is 23.4. The third-order valence-corrected chi connectivity index (χ3v) is 3.72. The second-order valence-corrected chi connectivity index (χ2v) is 5.39. The molecule has 5 heteroatoms. The highest BCUT2D eigenvalue weighted by molar-refractivity contribution is 6.08. The molecule has 0 amide bonds. The van der Waals surface area contributed by atoms with Crippen LogP contribution >= 0.6 is 0 Å². The van der Waals surface area contributed by atoms with E-state index < -0.39 is 17.5 Å². The van der Waals surface area contributed by atoms with E-state index in [-0.39, 0.29) is 12.4 Å². The number of aryl methyl sites for hydroxylation is 1. The number of aliphatic hydroxyl groups excluding tert-OH is 1. The first-order valence-corrected chi connectivity index (χ1v) is 8.00. The minimum absolute atomic E-state index is 0.117. The number of phenols is 1. The minimum atomic E-state index is -0.927. The van der Waals surface area contributed by atoms with Crippen molar-refractivity contribution in [1.82, 2.24) is 0 Å². The number of aliphatic hydroxyl groups is 1. The summed E-state index contributed by atoms with van der Waals surface area (Å²) >= 11 is 0. The third kappa shape index (κ3) is 4.47. The normalized spacial score (nSPS) is 11.2. The van der Waals surface area contributed by atoms with Gasteiger partial charge in [-0.1, -0.05) is 37.3 Å². The molecule has 0 unspecified atom stereocenters. The third-order valence-electron chi connectivity index (χ3n) is 3.72. The number of hydrogen-bond acceptors (Lipinski definition) is 5. The highest BCUT2D eigenvalue weighted by Crippen LogP contribution is 2.26. The van der Waals surface area contributed by atoms with Crippen LogP contribution in [0.2, 0.25) is 0 Å². The molecule has 25 heavy (non-hydrogen) atoms. The van der Waals surface area contributed by atoms with E-state index >= 15 is 0 Å². The van der Waals surface area contributed by atoms with Gasteiger partial charge in [-0.3, -0.25) is 4.79 Å². The molecule has 5 nitrogen and oxygen atoms in total. The van der Waals surface area contributed by atoms with Gasteiger partial charge < -0.3 is 14.9 Å². The molecular formula is C20H20O5. The first-order valence-electron chi connectivity index (χ1n) is 8.00. The molecule has 0 aromatic heterocycles. The summed E-state index contributed by atoms with van der Waals surface area (Å²) in [6.45, 7) is 3.69. The van der Waals surface area contributed by atoms with Crippen molar-refractivity contribution in [2.24, 2.45) is 0 Å². The number of phenolic OH excluding ortho intramolecular Hbond substituents is 1. The van der Waals surface area contributed by atoms with Crippen molar-refractivity contribution < 1.29 is 24.5 Å². The molecule has 0 fully saturated rings. The summed E-state index contributed by atoms with van der Waals surface area (Å²) < 4.78 is 4.62. The van der Waals surface area contributed by atoms with E-state index in [2.05, 4.69) is 4.74 Å². The van der Waals surface area contributed by atoms with Crippen molar-refractivity contribution in [1.29, 1.82) is 0 Å². The van der Waals surface area contributed by atoms with Crippen molar-refractivity contribution in [2.45, 2.75) is 20.3 Å². The van der Waals surface area contributed by atoms with E-state index in [9.17, 15) is 19.8 Å².